The molecule has 0 aliphatic carbocycles. The smallest absolute Gasteiger partial charge is 0.256 e. The number of carbonyl (C=O) groups is 1. The van der Waals surface area contributed by atoms with Gasteiger partial charge in [-0.1, -0.05) is 23.4 Å². The first-order valence-electron chi connectivity index (χ1n) is 6.92. The maximum atomic E-state index is 12.1. The van der Waals surface area contributed by atoms with Crippen LogP contribution in [0.5, 0.6) is 0 Å². The molecular formula is C16H17N3O2. The maximum absolute atomic E-state index is 12.1. The van der Waals surface area contributed by atoms with Gasteiger partial charge in [0.15, 0.2) is 0 Å². The Hall–Kier alpha value is -2.56. The Kier molecular flexibility index (Phi) is 3.48. The second kappa shape index (κ2) is 5.44. The molecule has 0 aliphatic heterocycles. The van der Waals surface area contributed by atoms with Gasteiger partial charge >= 0.3 is 0 Å². The van der Waals surface area contributed by atoms with Crippen molar-refractivity contribution in [3.63, 3.8) is 0 Å². The summed E-state index contributed by atoms with van der Waals surface area (Å²) in [6.45, 7) is 4.80. The molecule has 0 atom stereocenters. The predicted octanol–water partition coefficient (Wildman–Crippen LogP) is 2.68. The van der Waals surface area contributed by atoms with Crippen LogP contribution in [0.15, 0.2) is 41.1 Å². The van der Waals surface area contributed by atoms with Gasteiger partial charge in [-0.3, -0.25) is 4.79 Å². The van der Waals surface area contributed by atoms with E-state index in [-0.39, 0.29) is 5.91 Å². The molecule has 3 rings (SSSR count). The molecule has 0 fully saturated rings. The van der Waals surface area contributed by atoms with Gasteiger partial charge in [0.25, 0.3) is 5.91 Å². The molecular weight excluding hydrogens is 266 g/mol. The third kappa shape index (κ3) is 2.54. The van der Waals surface area contributed by atoms with Crippen LogP contribution in [-0.4, -0.2) is 22.2 Å². The van der Waals surface area contributed by atoms with Gasteiger partial charge in [0.05, 0.1) is 5.69 Å². The van der Waals surface area contributed by atoms with Crippen molar-refractivity contribution in [2.45, 2.75) is 20.4 Å². The van der Waals surface area contributed by atoms with Gasteiger partial charge < -0.3 is 14.4 Å². The van der Waals surface area contributed by atoms with Crippen LogP contribution < -0.4 is 5.32 Å². The molecule has 2 heterocycles. The lowest BCUT2D eigenvalue weighted by molar-refractivity contribution is 0.0950. The zero-order chi connectivity index (χ0) is 14.8. The van der Waals surface area contributed by atoms with E-state index in [1.165, 1.54) is 10.9 Å². The van der Waals surface area contributed by atoms with Crippen LogP contribution >= 0.6 is 0 Å². The zero-order valence-electron chi connectivity index (χ0n) is 12.1. The minimum atomic E-state index is -0.136. The number of carbonyl (C=O) groups excluding carboxylic acids is 1. The summed E-state index contributed by atoms with van der Waals surface area (Å²) in [5.74, 6) is 0.416. The van der Waals surface area contributed by atoms with Crippen LogP contribution in [0.4, 0.5) is 0 Å². The van der Waals surface area contributed by atoms with Crippen molar-refractivity contribution in [2.75, 3.05) is 6.54 Å². The van der Waals surface area contributed by atoms with Crippen molar-refractivity contribution in [3.05, 3.63) is 53.5 Å². The Morgan fingerprint density at radius 2 is 2.10 bits per heavy atom. The molecule has 0 spiro atoms. The average molecular weight is 283 g/mol. The van der Waals surface area contributed by atoms with Crippen LogP contribution in [0.3, 0.4) is 0 Å². The van der Waals surface area contributed by atoms with Gasteiger partial charge in [-0.15, -0.1) is 0 Å². The van der Waals surface area contributed by atoms with E-state index in [0.717, 1.165) is 6.54 Å². The molecule has 108 valence electrons. The Labute approximate surface area is 122 Å². The molecule has 21 heavy (non-hydrogen) atoms. The molecule has 0 saturated heterocycles. The lowest BCUT2D eigenvalue weighted by Crippen LogP contribution is -2.27. The Morgan fingerprint density at radius 1 is 1.29 bits per heavy atom. The quantitative estimate of drug-likeness (QED) is 0.800. The third-order valence-corrected chi connectivity index (χ3v) is 3.58. The van der Waals surface area contributed by atoms with Gasteiger partial charge in [0, 0.05) is 24.8 Å². The molecule has 2 aromatic heterocycles. The summed E-state index contributed by atoms with van der Waals surface area (Å²) in [7, 11) is 0. The van der Waals surface area contributed by atoms with Gasteiger partial charge in [-0.05, 0) is 31.4 Å². The van der Waals surface area contributed by atoms with Crippen LogP contribution in [0.25, 0.3) is 10.9 Å². The highest BCUT2D eigenvalue weighted by Gasteiger charge is 2.16. The van der Waals surface area contributed by atoms with Gasteiger partial charge in [0.2, 0.25) is 0 Å². The lowest BCUT2D eigenvalue weighted by atomic mass is 10.2. The molecule has 0 saturated carbocycles. The Balaban J connectivity index is 1.65. The fraction of sp³-hybridized carbons (Fsp3) is 0.250. The van der Waals surface area contributed by atoms with Crippen LogP contribution in [-0.2, 0) is 6.54 Å². The zero-order valence-corrected chi connectivity index (χ0v) is 12.1. The van der Waals surface area contributed by atoms with E-state index in [1.54, 1.807) is 13.8 Å². The van der Waals surface area contributed by atoms with Crippen molar-refractivity contribution in [2.24, 2.45) is 0 Å². The highest BCUT2D eigenvalue weighted by molar-refractivity contribution is 5.96. The first-order valence-corrected chi connectivity index (χ1v) is 6.92. The number of nitrogens with zero attached hydrogens (tertiary/aromatic N) is 2. The van der Waals surface area contributed by atoms with Crippen molar-refractivity contribution in [1.29, 1.82) is 0 Å². The molecule has 1 aromatic carbocycles. The molecule has 1 amide bonds. The number of rotatable bonds is 4. The molecule has 3 aromatic rings. The summed E-state index contributed by atoms with van der Waals surface area (Å²) in [5, 5.41) is 7.91. The Bertz CT molecular complexity index is 766. The third-order valence-electron chi connectivity index (χ3n) is 3.58. The molecule has 0 aliphatic rings. The number of nitrogens with one attached hydrogen (secondary N) is 1. The van der Waals surface area contributed by atoms with Gasteiger partial charge in [-0.2, -0.15) is 0 Å². The normalized spacial score (nSPS) is 11.0. The van der Waals surface area contributed by atoms with Crippen molar-refractivity contribution in [1.82, 2.24) is 15.0 Å². The molecule has 1 N–H and O–H groups in total. The summed E-state index contributed by atoms with van der Waals surface area (Å²) in [5.41, 5.74) is 2.33. The first kappa shape index (κ1) is 13.4. The van der Waals surface area contributed by atoms with E-state index in [2.05, 4.69) is 33.2 Å². The highest BCUT2D eigenvalue weighted by atomic mass is 16.5. The minimum absolute atomic E-state index is 0.136. The van der Waals surface area contributed by atoms with Crippen molar-refractivity contribution >= 4 is 16.8 Å². The summed E-state index contributed by atoms with van der Waals surface area (Å²) in [4.78, 5) is 12.1. The predicted molar refractivity (Wildman–Crippen MR) is 80.2 cm³/mol. The Morgan fingerprint density at radius 3 is 2.86 bits per heavy atom. The second-order valence-electron chi connectivity index (χ2n) is 5.02. The van der Waals surface area contributed by atoms with E-state index in [0.29, 0.717) is 23.6 Å². The van der Waals surface area contributed by atoms with E-state index in [4.69, 9.17) is 4.52 Å². The van der Waals surface area contributed by atoms with Crippen molar-refractivity contribution in [3.8, 4) is 0 Å². The number of para-hydroxylation sites is 1. The number of hydrogen-bond acceptors (Lipinski definition) is 3. The van der Waals surface area contributed by atoms with Gasteiger partial charge in [-0.25, -0.2) is 0 Å². The average Bonchev–Trinajstić information content (AvgIpc) is 3.03. The summed E-state index contributed by atoms with van der Waals surface area (Å²) < 4.78 is 7.14. The van der Waals surface area contributed by atoms with E-state index in [1.807, 2.05) is 18.3 Å². The highest BCUT2D eigenvalue weighted by Crippen LogP contribution is 2.15. The van der Waals surface area contributed by atoms with E-state index < -0.39 is 0 Å². The number of fused-ring (bicyclic) bond motifs is 1. The van der Waals surface area contributed by atoms with Crippen LogP contribution in [0.1, 0.15) is 21.8 Å². The fourth-order valence-electron chi connectivity index (χ4n) is 2.52. The molecule has 5 nitrogen and oxygen atoms in total. The molecule has 5 heteroatoms. The lowest BCUT2D eigenvalue weighted by Gasteiger charge is -2.07. The molecule has 0 radical (unpaired) electrons. The van der Waals surface area contributed by atoms with Crippen LogP contribution in [0, 0.1) is 13.8 Å². The largest absolute Gasteiger partial charge is 0.361 e. The van der Waals surface area contributed by atoms with Crippen LogP contribution in [0.2, 0.25) is 0 Å². The number of benzene rings is 1. The summed E-state index contributed by atoms with van der Waals surface area (Å²) in [6, 6.07) is 10.3. The second-order valence-corrected chi connectivity index (χ2v) is 5.02. The number of aromatic nitrogens is 2. The van der Waals surface area contributed by atoms with Crippen molar-refractivity contribution < 1.29 is 9.32 Å². The fourth-order valence-corrected chi connectivity index (χ4v) is 2.52. The SMILES string of the molecule is Cc1noc(C)c1C(=O)NCCn1ccc2ccccc21. The topological polar surface area (TPSA) is 60.1 Å². The number of hydrogen-bond donors (Lipinski definition) is 1. The standard InChI is InChI=1S/C16H17N3O2/c1-11-15(12(2)21-18-11)16(20)17-8-10-19-9-7-13-5-3-4-6-14(13)19/h3-7,9H,8,10H2,1-2H3,(H,17,20). The summed E-state index contributed by atoms with van der Waals surface area (Å²) in [6.07, 6.45) is 2.03. The summed E-state index contributed by atoms with van der Waals surface area (Å²) >= 11 is 0. The molecule has 0 bridgehead atoms. The maximum Gasteiger partial charge on any atom is 0.256 e. The van der Waals surface area contributed by atoms with E-state index in [9.17, 15) is 4.79 Å². The number of aryl methyl sites for hydroxylation is 2. The van der Waals surface area contributed by atoms with E-state index >= 15 is 0 Å². The number of amides is 1. The minimum Gasteiger partial charge on any atom is -0.361 e. The first-order chi connectivity index (χ1) is 10.2. The monoisotopic (exact) mass is 283 g/mol. The van der Waals surface area contributed by atoms with Gasteiger partial charge in [0.1, 0.15) is 11.3 Å². The molecule has 0 unspecified atom stereocenters.